The first kappa shape index (κ1) is 27.6. The zero-order chi connectivity index (χ0) is 33.1. The Hall–Kier alpha value is -6.32. The molecule has 0 amide bonds. The van der Waals surface area contributed by atoms with Gasteiger partial charge in [-0.05, 0) is 63.9 Å². The summed E-state index contributed by atoms with van der Waals surface area (Å²) in [5, 5.41) is 8.94. The molecule has 8 aromatic carbocycles. The Morgan fingerprint density at radius 1 is 0.420 bits per heavy atom. The van der Waals surface area contributed by atoms with Crippen LogP contribution in [0.5, 0.6) is 0 Å². The number of benzene rings is 8. The van der Waals surface area contributed by atoms with Crippen molar-refractivity contribution in [3.8, 4) is 11.1 Å². The van der Waals surface area contributed by atoms with Crippen LogP contribution < -0.4 is 4.90 Å². The number of nitrogens with zero attached hydrogens (tertiary/aromatic N) is 1. The van der Waals surface area contributed by atoms with Crippen LogP contribution in [0.1, 0.15) is 25.0 Å². The Morgan fingerprint density at radius 2 is 1.00 bits per heavy atom. The van der Waals surface area contributed by atoms with Crippen molar-refractivity contribution in [1.29, 1.82) is 0 Å². The average molecular weight is 642 g/mol. The lowest BCUT2D eigenvalue weighted by Crippen LogP contribution is -2.16. The quantitative estimate of drug-likeness (QED) is 0.192. The molecule has 3 heteroatoms. The van der Waals surface area contributed by atoms with Crippen LogP contribution in [-0.2, 0) is 5.41 Å². The van der Waals surface area contributed by atoms with Gasteiger partial charge in [0.05, 0.1) is 22.4 Å². The van der Waals surface area contributed by atoms with Gasteiger partial charge < -0.3 is 13.7 Å². The van der Waals surface area contributed by atoms with Gasteiger partial charge in [-0.3, -0.25) is 0 Å². The van der Waals surface area contributed by atoms with Gasteiger partial charge in [0.2, 0.25) is 0 Å². The van der Waals surface area contributed by atoms with Crippen LogP contribution in [-0.4, -0.2) is 0 Å². The molecule has 236 valence electrons. The first-order valence-electron chi connectivity index (χ1n) is 17.3. The Labute approximate surface area is 288 Å². The van der Waals surface area contributed by atoms with Crippen LogP contribution in [0.25, 0.3) is 76.5 Å². The third-order valence-corrected chi connectivity index (χ3v) is 11.0. The molecule has 0 atom stereocenters. The van der Waals surface area contributed by atoms with E-state index in [0.717, 1.165) is 77.1 Å². The summed E-state index contributed by atoms with van der Waals surface area (Å²) in [4.78, 5) is 2.43. The summed E-state index contributed by atoms with van der Waals surface area (Å²) >= 11 is 0. The van der Waals surface area contributed by atoms with E-state index in [2.05, 4.69) is 170 Å². The molecule has 0 spiro atoms. The molecular weight excluding hydrogens is 611 g/mol. The molecule has 0 saturated heterocycles. The summed E-state index contributed by atoms with van der Waals surface area (Å²) in [6.45, 7) is 4.68. The van der Waals surface area contributed by atoms with Gasteiger partial charge in [0, 0.05) is 37.9 Å². The van der Waals surface area contributed by atoms with Crippen LogP contribution in [0.4, 0.5) is 17.1 Å². The number of hydrogen-bond donors (Lipinski definition) is 0. The monoisotopic (exact) mass is 641 g/mol. The summed E-state index contributed by atoms with van der Waals surface area (Å²) in [5.74, 6) is 0. The first-order valence-corrected chi connectivity index (χ1v) is 17.3. The number of furan rings is 2. The summed E-state index contributed by atoms with van der Waals surface area (Å²) in [6.07, 6.45) is 0. The van der Waals surface area contributed by atoms with E-state index in [4.69, 9.17) is 8.83 Å². The summed E-state index contributed by atoms with van der Waals surface area (Å²) in [7, 11) is 0. The maximum Gasteiger partial charge on any atom is 0.159 e. The minimum atomic E-state index is -0.148. The van der Waals surface area contributed by atoms with Crippen LogP contribution >= 0.6 is 0 Å². The lowest BCUT2D eigenvalue weighted by Gasteiger charge is -2.29. The standard InChI is InChI=1S/C47H31NO2/c1-47(2)36-18-8-7-16-34(36)42-37(47)19-10-20-38(42)48(39-21-11-23-41-43(39)35-27-25-29-13-4-6-15-31(29)45(35)49-41)40-22-9-17-32-33-26-24-28-12-3-5-14-30(28)44(33)50-46(32)40/h3-27H,1-2H3. The lowest BCUT2D eigenvalue weighted by molar-refractivity contribution is 0.660. The molecule has 0 aliphatic heterocycles. The molecule has 0 bridgehead atoms. The van der Waals surface area contributed by atoms with E-state index in [1.54, 1.807) is 0 Å². The molecule has 10 aromatic rings. The van der Waals surface area contributed by atoms with Crippen molar-refractivity contribution in [2.45, 2.75) is 19.3 Å². The van der Waals surface area contributed by atoms with E-state index in [0.29, 0.717) is 0 Å². The number of rotatable bonds is 3. The largest absolute Gasteiger partial charge is 0.455 e. The highest BCUT2D eigenvalue weighted by Gasteiger charge is 2.38. The maximum absolute atomic E-state index is 7.02. The van der Waals surface area contributed by atoms with Crippen LogP contribution in [0, 0.1) is 0 Å². The normalized spacial score (nSPS) is 13.6. The molecule has 1 aliphatic carbocycles. The smallest absolute Gasteiger partial charge is 0.159 e. The Morgan fingerprint density at radius 3 is 1.82 bits per heavy atom. The van der Waals surface area contributed by atoms with E-state index in [-0.39, 0.29) is 5.41 Å². The number of hydrogen-bond acceptors (Lipinski definition) is 3. The van der Waals surface area contributed by atoms with Crippen LogP contribution in [0.3, 0.4) is 0 Å². The van der Waals surface area contributed by atoms with E-state index in [9.17, 15) is 0 Å². The van der Waals surface area contributed by atoms with Gasteiger partial charge >= 0.3 is 0 Å². The fraction of sp³-hybridized carbons (Fsp3) is 0.0638. The van der Waals surface area contributed by atoms with Crippen molar-refractivity contribution in [2.24, 2.45) is 0 Å². The summed E-state index contributed by atoms with van der Waals surface area (Å²) in [5.41, 5.74) is 11.7. The molecule has 0 saturated carbocycles. The Balaban J connectivity index is 1.29. The minimum Gasteiger partial charge on any atom is -0.455 e. The third kappa shape index (κ3) is 3.59. The lowest BCUT2D eigenvalue weighted by atomic mass is 9.82. The highest BCUT2D eigenvalue weighted by Crippen LogP contribution is 2.56. The molecule has 0 N–H and O–H groups in total. The number of fused-ring (bicyclic) bond motifs is 13. The number of anilines is 3. The SMILES string of the molecule is CC1(C)c2ccccc2-c2c(N(c3cccc4c3oc3c5ccccc5ccc43)c3cccc4oc5c6ccccc6ccc5c34)cccc21. The maximum atomic E-state index is 7.02. The van der Waals surface area contributed by atoms with Gasteiger partial charge in [-0.25, -0.2) is 0 Å². The molecule has 1 aliphatic rings. The second-order valence-corrected chi connectivity index (χ2v) is 14.0. The molecule has 0 fully saturated rings. The van der Waals surface area contributed by atoms with Crippen LogP contribution in [0.15, 0.2) is 160 Å². The van der Waals surface area contributed by atoms with Crippen molar-refractivity contribution in [2.75, 3.05) is 4.90 Å². The van der Waals surface area contributed by atoms with Crippen molar-refractivity contribution < 1.29 is 8.83 Å². The van der Waals surface area contributed by atoms with E-state index in [1.165, 1.54) is 27.6 Å². The van der Waals surface area contributed by atoms with Gasteiger partial charge in [-0.2, -0.15) is 0 Å². The fourth-order valence-corrected chi connectivity index (χ4v) is 8.72. The fourth-order valence-electron chi connectivity index (χ4n) is 8.72. The second kappa shape index (κ2) is 9.87. The minimum absolute atomic E-state index is 0.148. The predicted octanol–water partition coefficient (Wildman–Crippen LogP) is 13.6. The van der Waals surface area contributed by atoms with Crippen molar-refractivity contribution in [1.82, 2.24) is 0 Å². The third-order valence-electron chi connectivity index (χ3n) is 11.0. The van der Waals surface area contributed by atoms with E-state index in [1.807, 2.05) is 0 Å². The molecule has 0 unspecified atom stereocenters. The van der Waals surface area contributed by atoms with Gasteiger partial charge in [-0.1, -0.05) is 129 Å². The molecule has 3 nitrogen and oxygen atoms in total. The molecule has 11 rings (SSSR count). The van der Waals surface area contributed by atoms with Gasteiger partial charge in [0.1, 0.15) is 16.7 Å². The first-order chi connectivity index (χ1) is 24.6. The highest BCUT2D eigenvalue weighted by molar-refractivity contribution is 6.22. The van der Waals surface area contributed by atoms with E-state index >= 15 is 0 Å². The van der Waals surface area contributed by atoms with Gasteiger partial charge in [0.25, 0.3) is 0 Å². The van der Waals surface area contributed by atoms with Crippen molar-refractivity contribution in [3.63, 3.8) is 0 Å². The van der Waals surface area contributed by atoms with Crippen molar-refractivity contribution in [3.05, 3.63) is 163 Å². The zero-order valence-electron chi connectivity index (χ0n) is 27.7. The molecule has 2 heterocycles. The second-order valence-electron chi connectivity index (χ2n) is 14.0. The average Bonchev–Trinajstić information content (AvgIpc) is 3.81. The topological polar surface area (TPSA) is 29.5 Å². The zero-order valence-corrected chi connectivity index (χ0v) is 27.7. The predicted molar refractivity (Wildman–Crippen MR) is 208 cm³/mol. The highest BCUT2D eigenvalue weighted by atomic mass is 16.3. The molecule has 50 heavy (non-hydrogen) atoms. The van der Waals surface area contributed by atoms with Crippen LogP contribution in [0.2, 0.25) is 0 Å². The summed E-state index contributed by atoms with van der Waals surface area (Å²) < 4.78 is 13.8. The molecule has 0 radical (unpaired) electrons. The molecular formula is C47H31NO2. The molecule has 2 aromatic heterocycles. The Kier molecular flexibility index (Phi) is 5.45. The van der Waals surface area contributed by atoms with E-state index < -0.39 is 0 Å². The summed E-state index contributed by atoms with van der Waals surface area (Å²) in [6, 6.07) is 54.4. The Bertz CT molecular complexity index is 3030. The van der Waals surface area contributed by atoms with Crippen molar-refractivity contribution >= 4 is 82.5 Å². The van der Waals surface area contributed by atoms with Gasteiger partial charge in [0.15, 0.2) is 5.58 Å². The number of para-hydroxylation sites is 1. The van der Waals surface area contributed by atoms with Gasteiger partial charge in [-0.15, -0.1) is 0 Å².